The molecule has 6 heteroatoms. The third kappa shape index (κ3) is 5.64. The summed E-state index contributed by atoms with van der Waals surface area (Å²) >= 11 is 0. The van der Waals surface area contributed by atoms with Crippen LogP contribution in [-0.2, 0) is 9.47 Å². The van der Waals surface area contributed by atoms with Crippen molar-refractivity contribution in [2.75, 3.05) is 13.2 Å². The maximum Gasteiger partial charge on any atom is 0.414 e. The SMILES string of the molecule is CCCCOC(=O)NC(=O)c1ccc(C(=O)OCC)cc1. The van der Waals surface area contributed by atoms with E-state index in [-0.39, 0.29) is 18.8 Å². The first kappa shape index (κ1) is 16.7. The lowest BCUT2D eigenvalue weighted by Crippen LogP contribution is -2.31. The first-order chi connectivity index (χ1) is 10.1. The minimum Gasteiger partial charge on any atom is -0.462 e. The summed E-state index contributed by atoms with van der Waals surface area (Å²) in [6, 6.07) is 5.83. The first-order valence-corrected chi connectivity index (χ1v) is 6.83. The zero-order valence-electron chi connectivity index (χ0n) is 12.2. The van der Waals surface area contributed by atoms with Crippen LogP contribution in [0.25, 0.3) is 0 Å². The van der Waals surface area contributed by atoms with Crippen LogP contribution in [0.4, 0.5) is 4.79 Å². The van der Waals surface area contributed by atoms with Crippen LogP contribution in [0, 0.1) is 0 Å². The summed E-state index contributed by atoms with van der Waals surface area (Å²) in [5.74, 6) is -1.03. The fourth-order valence-corrected chi connectivity index (χ4v) is 1.48. The van der Waals surface area contributed by atoms with E-state index in [9.17, 15) is 14.4 Å². The van der Waals surface area contributed by atoms with Gasteiger partial charge in [-0.2, -0.15) is 0 Å². The Hall–Kier alpha value is -2.37. The average Bonchev–Trinajstić information content (AvgIpc) is 2.48. The normalized spacial score (nSPS) is 9.81. The second-order valence-electron chi connectivity index (χ2n) is 4.24. The van der Waals surface area contributed by atoms with E-state index in [0.29, 0.717) is 5.56 Å². The zero-order chi connectivity index (χ0) is 15.7. The molecule has 21 heavy (non-hydrogen) atoms. The van der Waals surface area contributed by atoms with Gasteiger partial charge in [-0.3, -0.25) is 10.1 Å². The standard InChI is InChI=1S/C15H19NO5/c1-3-5-10-21-15(19)16-13(17)11-6-8-12(9-7-11)14(18)20-4-2/h6-9H,3-5,10H2,1-2H3,(H,16,17,19). The van der Waals surface area contributed by atoms with Gasteiger partial charge in [-0.05, 0) is 37.6 Å². The molecule has 0 radical (unpaired) electrons. The molecule has 0 aliphatic carbocycles. The number of imide groups is 1. The Morgan fingerprint density at radius 3 is 2.19 bits per heavy atom. The third-order valence-electron chi connectivity index (χ3n) is 2.60. The Labute approximate surface area is 123 Å². The first-order valence-electron chi connectivity index (χ1n) is 6.83. The fourth-order valence-electron chi connectivity index (χ4n) is 1.48. The molecule has 1 rings (SSSR count). The van der Waals surface area contributed by atoms with E-state index in [2.05, 4.69) is 5.32 Å². The largest absolute Gasteiger partial charge is 0.462 e. The molecule has 114 valence electrons. The number of unbranched alkanes of at least 4 members (excludes halogenated alkanes) is 1. The Morgan fingerprint density at radius 1 is 1.00 bits per heavy atom. The minimum atomic E-state index is -0.775. The van der Waals surface area contributed by atoms with Gasteiger partial charge in [0.25, 0.3) is 5.91 Å². The van der Waals surface area contributed by atoms with Crippen LogP contribution in [0.3, 0.4) is 0 Å². The lowest BCUT2D eigenvalue weighted by Gasteiger charge is -2.06. The summed E-state index contributed by atoms with van der Waals surface area (Å²) in [6.45, 7) is 4.24. The van der Waals surface area contributed by atoms with E-state index < -0.39 is 18.0 Å². The monoisotopic (exact) mass is 293 g/mol. The molecular weight excluding hydrogens is 274 g/mol. The van der Waals surface area contributed by atoms with Gasteiger partial charge < -0.3 is 9.47 Å². The molecule has 0 saturated heterocycles. The summed E-state index contributed by atoms with van der Waals surface area (Å²) in [5, 5.41) is 2.11. The van der Waals surface area contributed by atoms with Crippen LogP contribution in [0.1, 0.15) is 47.4 Å². The van der Waals surface area contributed by atoms with Crippen LogP contribution in [0.15, 0.2) is 24.3 Å². The number of esters is 1. The summed E-state index contributed by atoms with van der Waals surface area (Å²) in [6.07, 6.45) is 0.870. The molecule has 0 atom stereocenters. The molecule has 0 saturated carbocycles. The Kier molecular flexibility index (Phi) is 6.94. The number of carbonyl (C=O) groups is 3. The lowest BCUT2D eigenvalue weighted by atomic mass is 10.1. The molecule has 2 amide bonds. The Bertz CT molecular complexity index is 495. The third-order valence-corrected chi connectivity index (χ3v) is 2.60. The number of nitrogens with one attached hydrogen (secondary N) is 1. The van der Waals surface area contributed by atoms with Gasteiger partial charge in [0.15, 0.2) is 0 Å². The predicted octanol–water partition coefficient (Wildman–Crippen LogP) is 2.53. The smallest absolute Gasteiger partial charge is 0.414 e. The molecular formula is C15H19NO5. The molecule has 0 fully saturated rings. The highest BCUT2D eigenvalue weighted by molar-refractivity contribution is 6.03. The topological polar surface area (TPSA) is 81.7 Å². The van der Waals surface area contributed by atoms with Crippen molar-refractivity contribution in [3.63, 3.8) is 0 Å². The number of hydrogen-bond donors (Lipinski definition) is 1. The van der Waals surface area contributed by atoms with Gasteiger partial charge in [0, 0.05) is 5.56 Å². The predicted molar refractivity (Wildman–Crippen MR) is 76.1 cm³/mol. The fraction of sp³-hybridized carbons (Fsp3) is 0.400. The summed E-state index contributed by atoms with van der Waals surface area (Å²) < 4.78 is 9.66. The average molecular weight is 293 g/mol. The van der Waals surface area contributed by atoms with Crippen molar-refractivity contribution in [3.8, 4) is 0 Å². The number of benzene rings is 1. The van der Waals surface area contributed by atoms with Gasteiger partial charge in [-0.1, -0.05) is 13.3 Å². The van der Waals surface area contributed by atoms with Gasteiger partial charge >= 0.3 is 12.1 Å². The van der Waals surface area contributed by atoms with Gasteiger partial charge in [0.05, 0.1) is 18.8 Å². The van der Waals surface area contributed by atoms with Crippen LogP contribution in [0.5, 0.6) is 0 Å². The summed E-state index contributed by atoms with van der Waals surface area (Å²) in [4.78, 5) is 34.6. The molecule has 1 aromatic rings. The Morgan fingerprint density at radius 2 is 1.62 bits per heavy atom. The lowest BCUT2D eigenvalue weighted by molar-refractivity contribution is 0.0525. The number of alkyl carbamates (subject to hydrolysis) is 1. The highest BCUT2D eigenvalue weighted by Crippen LogP contribution is 2.06. The van der Waals surface area contributed by atoms with Crippen molar-refractivity contribution in [2.24, 2.45) is 0 Å². The maximum absolute atomic E-state index is 11.8. The zero-order valence-corrected chi connectivity index (χ0v) is 12.2. The summed E-state index contributed by atoms with van der Waals surface area (Å²) in [5.41, 5.74) is 0.606. The molecule has 1 aromatic carbocycles. The van der Waals surface area contributed by atoms with E-state index in [1.54, 1.807) is 6.92 Å². The van der Waals surface area contributed by atoms with Crippen molar-refractivity contribution in [2.45, 2.75) is 26.7 Å². The van der Waals surface area contributed by atoms with Gasteiger partial charge in [-0.25, -0.2) is 9.59 Å². The van der Waals surface area contributed by atoms with Crippen LogP contribution < -0.4 is 5.32 Å². The molecule has 0 unspecified atom stereocenters. The highest BCUT2D eigenvalue weighted by atomic mass is 16.5. The second-order valence-corrected chi connectivity index (χ2v) is 4.24. The van der Waals surface area contributed by atoms with Gasteiger partial charge in [0.2, 0.25) is 0 Å². The van der Waals surface area contributed by atoms with Crippen LogP contribution in [-0.4, -0.2) is 31.2 Å². The summed E-state index contributed by atoms with van der Waals surface area (Å²) in [7, 11) is 0. The molecule has 0 bridgehead atoms. The molecule has 0 heterocycles. The Balaban J connectivity index is 2.55. The van der Waals surface area contributed by atoms with E-state index in [1.165, 1.54) is 24.3 Å². The number of carbonyl (C=O) groups excluding carboxylic acids is 3. The number of ether oxygens (including phenoxy) is 2. The van der Waals surface area contributed by atoms with Crippen molar-refractivity contribution in [1.29, 1.82) is 0 Å². The number of rotatable bonds is 6. The second kappa shape index (κ2) is 8.73. The maximum atomic E-state index is 11.8. The van der Waals surface area contributed by atoms with Crippen LogP contribution in [0.2, 0.25) is 0 Å². The van der Waals surface area contributed by atoms with E-state index in [1.807, 2.05) is 6.92 Å². The van der Waals surface area contributed by atoms with E-state index in [4.69, 9.17) is 9.47 Å². The number of hydrogen-bond acceptors (Lipinski definition) is 5. The molecule has 1 N–H and O–H groups in total. The molecule has 0 aliphatic rings. The molecule has 6 nitrogen and oxygen atoms in total. The van der Waals surface area contributed by atoms with Gasteiger partial charge in [-0.15, -0.1) is 0 Å². The van der Waals surface area contributed by atoms with Crippen molar-refractivity contribution in [3.05, 3.63) is 35.4 Å². The van der Waals surface area contributed by atoms with E-state index >= 15 is 0 Å². The molecule has 0 aromatic heterocycles. The highest BCUT2D eigenvalue weighted by Gasteiger charge is 2.12. The molecule has 0 aliphatic heterocycles. The van der Waals surface area contributed by atoms with Gasteiger partial charge in [0.1, 0.15) is 0 Å². The minimum absolute atomic E-state index is 0.260. The molecule has 0 spiro atoms. The quantitative estimate of drug-likeness (QED) is 0.644. The number of amides is 2. The van der Waals surface area contributed by atoms with Crippen LogP contribution >= 0.6 is 0 Å². The van der Waals surface area contributed by atoms with Crippen molar-refractivity contribution >= 4 is 18.0 Å². The van der Waals surface area contributed by atoms with E-state index in [0.717, 1.165) is 12.8 Å². The van der Waals surface area contributed by atoms with Crippen molar-refractivity contribution in [1.82, 2.24) is 5.32 Å². The van der Waals surface area contributed by atoms with Crippen molar-refractivity contribution < 1.29 is 23.9 Å².